The first kappa shape index (κ1) is 26.4. The molecule has 5 nitrogen and oxygen atoms in total. The van der Waals surface area contributed by atoms with Crippen molar-refractivity contribution < 1.29 is 14.3 Å². The number of pyridine rings is 1. The van der Waals surface area contributed by atoms with Crippen molar-refractivity contribution in [2.24, 2.45) is 11.3 Å². The highest BCUT2D eigenvalue weighted by Gasteiger charge is 2.35. The molecule has 196 valence electrons. The van der Waals surface area contributed by atoms with E-state index in [2.05, 4.69) is 26.1 Å². The number of benzene rings is 2. The number of esters is 1. The van der Waals surface area contributed by atoms with Crippen LogP contribution in [0.4, 0.5) is 5.00 Å². The number of hydrogen-bond acceptors (Lipinski definition) is 5. The Labute approximate surface area is 232 Å². The lowest BCUT2D eigenvalue weighted by molar-refractivity contribution is 0.0600. The topological polar surface area (TPSA) is 68.3 Å². The van der Waals surface area contributed by atoms with Gasteiger partial charge in [-0.25, -0.2) is 9.78 Å². The summed E-state index contributed by atoms with van der Waals surface area (Å²) in [4.78, 5) is 32.7. The van der Waals surface area contributed by atoms with E-state index in [4.69, 9.17) is 21.3 Å². The van der Waals surface area contributed by atoms with E-state index in [9.17, 15) is 9.59 Å². The highest BCUT2D eigenvalue weighted by atomic mass is 35.5. The Morgan fingerprint density at radius 2 is 1.89 bits per heavy atom. The van der Waals surface area contributed by atoms with Crippen LogP contribution in [0.5, 0.6) is 0 Å². The second-order valence-corrected chi connectivity index (χ2v) is 12.1. The van der Waals surface area contributed by atoms with Crippen molar-refractivity contribution in [3.63, 3.8) is 0 Å². The smallest absolute Gasteiger partial charge is 0.341 e. The highest BCUT2D eigenvalue weighted by Crippen LogP contribution is 2.46. The van der Waals surface area contributed by atoms with Crippen LogP contribution in [0.2, 0.25) is 5.02 Å². The zero-order valence-electron chi connectivity index (χ0n) is 22.1. The fourth-order valence-electron chi connectivity index (χ4n) is 5.25. The molecule has 0 unspecified atom stereocenters. The summed E-state index contributed by atoms with van der Waals surface area (Å²) < 4.78 is 5.16. The molecule has 2 aromatic carbocycles. The molecule has 1 atom stereocenters. The predicted octanol–water partition coefficient (Wildman–Crippen LogP) is 8.20. The fourth-order valence-corrected chi connectivity index (χ4v) is 6.69. The quantitative estimate of drug-likeness (QED) is 0.247. The molecule has 0 fully saturated rings. The molecule has 0 saturated carbocycles. The number of anilines is 1. The zero-order valence-corrected chi connectivity index (χ0v) is 23.6. The number of nitrogens with zero attached hydrogens (tertiary/aromatic N) is 1. The first-order chi connectivity index (χ1) is 18.2. The van der Waals surface area contributed by atoms with Gasteiger partial charge in [-0.05, 0) is 60.4 Å². The lowest BCUT2D eigenvalue weighted by Crippen LogP contribution is -2.28. The van der Waals surface area contributed by atoms with E-state index in [0.29, 0.717) is 38.3 Å². The predicted molar refractivity (Wildman–Crippen MR) is 155 cm³/mol. The van der Waals surface area contributed by atoms with Crippen molar-refractivity contribution in [3.8, 4) is 11.3 Å². The molecule has 7 heteroatoms. The van der Waals surface area contributed by atoms with E-state index in [0.717, 1.165) is 42.2 Å². The average Bonchev–Trinajstić information content (AvgIpc) is 3.29. The van der Waals surface area contributed by atoms with Crippen LogP contribution in [0.3, 0.4) is 0 Å². The third kappa shape index (κ3) is 4.95. The summed E-state index contributed by atoms with van der Waals surface area (Å²) in [5.74, 6) is -0.167. The number of carbonyl (C=O) groups is 2. The maximum Gasteiger partial charge on any atom is 0.341 e. The first-order valence-electron chi connectivity index (χ1n) is 12.9. The largest absolute Gasteiger partial charge is 0.465 e. The standard InChI is InChI=1S/C31H31ClN2O3S/c1-5-31(2,3)19-12-15-22-26(16-19)38-29(27(22)30(36)37-4)34-28(35)23-17-25(18-10-13-20(32)14-11-18)33-24-9-7-6-8-21(23)24/h6-11,13-14,17,19H,5,12,15-16H2,1-4H3,(H,34,35)/t19-/m1/s1. The highest BCUT2D eigenvalue weighted by molar-refractivity contribution is 7.17. The molecule has 0 saturated heterocycles. The average molecular weight is 547 g/mol. The maximum absolute atomic E-state index is 13.8. The number of thiophene rings is 1. The Morgan fingerprint density at radius 1 is 1.16 bits per heavy atom. The van der Waals surface area contributed by atoms with Crippen LogP contribution in [0.25, 0.3) is 22.2 Å². The zero-order chi connectivity index (χ0) is 27.0. The second kappa shape index (κ2) is 10.5. The van der Waals surface area contributed by atoms with E-state index in [-0.39, 0.29) is 11.3 Å². The Bertz CT molecular complexity index is 1520. The molecule has 4 aromatic rings. The summed E-state index contributed by atoms with van der Waals surface area (Å²) in [6.07, 6.45) is 3.82. The third-order valence-electron chi connectivity index (χ3n) is 8.00. The maximum atomic E-state index is 13.8. The van der Waals surface area contributed by atoms with E-state index >= 15 is 0 Å². The molecule has 1 amide bonds. The molecule has 38 heavy (non-hydrogen) atoms. The summed E-state index contributed by atoms with van der Waals surface area (Å²) in [5, 5.41) is 5.01. The minimum atomic E-state index is -0.410. The summed E-state index contributed by atoms with van der Waals surface area (Å²) in [7, 11) is 1.39. The van der Waals surface area contributed by atoms with Gasteiger partial charge in [0.2, 0.25) is 0 Å². The van der Waals surface area contributed by atoms with Gasteiger partial charge < -0.3 is 10.1 Å². The second-order valence-electron chi connectivity index (χ2n) is 10.5. The van der Waals surface area contributed by atoms with Crippen molar-refractivity contribution in [3.05, 3.63) is 81.2 Å². The molecule has 1 aliphatic carbocycles. The number of para-hydroxylation sites is 1. The van der Waals surface area contributed by atoms with Crippen LogP contribution in [-0.4, -0.2) is 24.0 Å². The van der Waals surface area contributed by atoms with Crippen molar-refractivity contribution in [1.29, 1.82) is 0 Å². The fraction of sp³-hybridized carbons (Fsp3) is 0.323. The van der Waals surface area contributed by atoms with Crippen LogP contribution in [-0.2, 0) is 17.6 Å². The van der Waals surface area contributed by atoms with Gasteiger partial charge in [0.05, 0.1) is 29.4 Å². The Hall–Kier alpha value is -3.22. The van der Waals surface area contributed by atoms with Crippen molar-refractivity contribution in [2.45, 2.75) is 46.5 Å². The van der Waals surface area contributed by atoms with Crippen LogP contribution < -0.4 is 5.32 Å². The van der Waals surface area contributed by atoms with Gasteiger partial charge in [0.25, 0.3) is 5.91 Å². The Morgan fingerprint density at radius 3 is 2.61 bits per heavy atom. The Balaban J connectivity index is 1.55. The molecule has 1 N–H and O–H groups in total. The van der Waals surface area contributed by atoms with Gasteiger partial charge in [-0.1, -0.05) is 69.1 Å². The Kier molecular flexibility index (Phi) is 7.30. The van der Waals surface area contributed by atoms with Crippen LogP contribution in [0, 0.1) is 11.3 Å². The summed E-state index contributed by atoms with van der Waals surface area (Å²) in [6.45, 7) is 6.85. The molecule has 0 radical (unpaired) electrons. The van der Waals surface area contributed by atoms with Crippen LogP contribution >= 0.6 is 22.9 Å². The van der Waals surface area contributed by atoms with Gasteiger partial charge >= 0.3 is 5.97 Å². The molecule has 2 aromatic heterocycles. The van der Waals surface area contributed by atoms with Crippen LogP contribution in [0.1, 0.15) is 64.8 Å². The van der Waals surface area contributed by atoms with E-state index < -0.39 is 5.97 Å². The molecular weight excluding hydrogens is 516 g/mol. The van der Waals surface area contributed by atoms with E-state index in [1.54, 1.807) is 18.2 Å². The third-order valence-corrected chi connectivity index (χ3v) is 9.42. The lowest BCUT2D eigenvalue weighted by atomic mass is 9.69. The molecular formula is C31H31ClN2O3S. The summed E-state index contributed by atoms with van der Waals surface area (Å²) in [6, 6.07) is 16.8. The van der Waals surface area contributed by atoms with Gasteiger partial charge in [0, 0.05) is 20.8 Å². The van der Waals surface area contributed by atoms with Crippen molar-refractivity contribution >= 4 is 50.7 Å². The number of ether oxygens (including phenoxy) is 1. The van der Waals surface area contributed by atoms with E-state index in [1.165, 1.54) is 23.3 Å². The number of carbonyl (C=O) groups excluding carboxylic acids is 2. The molecule has 0 spiro atoms. The van der Waals surface area contributed by atoms with Gasteiger partial charge in [-0.15, -0.1) is 11.3 Å². The van der Waals surface area contributed by atoms with Crippen molar-refractivity contribution in [2.75, 3.05) is 12.4 Å². The molecule has 0 bridgehead atoms. The van der Waals surface area contributed by atoms with Gasteiger partial charge in [0.1, 0.15) is 5.00 Å². The van der Waals surface area contributed by atoms with Crippen molar-refractivity contribution in [1.82, 2.24) is 4.98 Å². The number of halogens is 1. The van der Waals surface area contributed by atoms with Crippen LogP contribution in [0.15, 0.2) is 54.6 Å². The monoisotopic (exact) mass is 546 g/mol. The molecule has 0 aliphatic heterocycles. The molecule has 5 rings (SSSR count). The number of aromatic nitrogens is 1. The number of nitrogens with one attached hydrogen (secondary N) is 1. The molecule has 2 heterocycles. The van der Waals surface area contributed by atoms with Gasteiger partial charge in [-0.3, -0.25) is 4.79 Å². The normalized spacial score (nSPS) is 15.2. The number of hydrogen-bond donors (Lipinski definition) is 1. The van der Waals surface area contributed by atoms with Gasteiger partial charge in [-0.2, -0.15) is 0 Å². The first-order valence-corrected chi connectivity index (χ1v) is 14.1. The molecule has 1 aliphatic rings. The minimum absolute atomic E-state index is 0.213. The van der Waals surface area contributed by atoms with E-state index in [1.807, 2.05) is 36.4 Å². The number of fused-ring (bicyclic) bond motifs is 2. The summed E-state index contributed by atoms with van der Waals surface area (Å²) in [5.41, 5.74) is 4.46. The van der Waals surface area contributed by atoms with Gasteiger partial charge in [0.15, 0.2) is 0 Å². The number of rotatable bonds is 6. The number of methoxy groups -OCH3 is 1. The lowest BCUT2D eigenvalue weighted by Gasteiger charge is -2.36. The number of amides is 1. The SMILES string of the molecule is CCC(C)(C)[C@@H]1CCc2c(sc(NC(=O)c3cc(-c4ccc(Cl)cc4)nc4ccccc34)c2C(=O)OC)C1. The minimum Gasteiger partial charge on any atom is -0.465 e. The summed E-state index contributed by atoms with van der Waals surface area (Å²) >= 11 is 7.59.